The zero-order valence-corrected chi connectivity index (χ0v) is 9.04. The Kier molecular flexibility index (Phi) is 1.97. The summed E-state index contributed by atoms with van der Waals surface area (Å²) in [6.45, 7) is 0.531. The summed E-state index contributed by atoms with van der Waals surface area (Å²) in [5, 5.41) is 0.753. The van der Waals surface area contributed by atoms with Crippen molar-refractivity contribution in [1.29, 1.82) is 0 Å². The van der Waals surface area contributed by atoms with Gasteiger partial charge in [-0.2, -0.15) is 0 Å². The smallest absolute Gasteiger partial charge is 0.138 e. The highest BCUT2D eigenvalue weighted by Gasteiger charge is 2.29. The largest absolute Gasteiger partial charge is 0.326 e. The first-order valence-corrected chi connectivity index (χ1v) is 5.54. The predicted molar refractivity (Wildman–Crippen MR) is 60.1 cm³/mol. The van der Waals surface area contributed by atoms with Crippen LogP contribution in [0.1, 0.15) is 30.0 Å². The van der Waals surface area contributed by atoms with E-state index in [2.05, 4.69) is 4.98 Å². The number of hydrogen-bond donors (Lipinski definition) is 1. The van der Waals surface area contributed by atoms with Gasteiger partial charge < -0.3 is 5.73 Å². The fourth-order valence-corrected chi connectivity index (χ4v) is 2.15. The molecule has 4 heteroatoms. The topological polar surface area (TPSA) is 43.3 Å². The fourth-order valence-electron chi connectivity index (χ4n) is 1.82. The van der Waals surface area contributed by atoms with Gasteiger partial charge in [0.25, 0.3) is 0 Å². The number of aromatic nitrogens is 2. The van der Waals surface area contributed by atoms with Crippen LogP contribution in [-0.4, -0.2) is 9.38 Å². The number of nitrogens with zero attached hydrogens (tertiary/aromatic N) is 2. The lowest BCUT2D eigenvalue weighted by Gasteiger charge is -1.99. The Morgan fingerprint density at radius 3 is 2.93 bits per heavy atom. The fraction of sp³-hybridized carbons (Fsp3) is 0.364. The Morgan fingerprint density at radius 2 is 2.27 bits per heavy atom. The van der Waals surface area contributed by atoms with Crippen molar-refractivity contribution in [2.24, 2.45) is 5.73 Å². The molecule has 0 radical (unpaired) electrons. The van der Waals surface area contributed by atoms with Gasteiger partial charge in [-0.05, 0) is 24.5 Å². The first-order chi connectivity index (χ1) is 7.29. The number of halogens is 1. The van der Waals surface area contributed by atoms with Crippen LogP contribution in [-0.2, 0) is 6.54 Å². The molecule has 2 aromatic heterocycles. The third kappa shape index (κ3) is 1.43. The van der Waals surface area contributed by atoms with Crippen molar-refractivity contribution in [3.05, 3.63) is 34.7 Å². The molecule has 0 atom stereocenters. The van der Waals surface area contributed by atoms with Gasteiger partial charge in [-0.1, -0.05) is 17.7 Å². The molecule has 3 rings (SSSR count). The van der Waals surface area contributed by atoms with Crippen molar-refractivity contribution in [3.63, 3.8) is 0 Å². The molecular weight excluding hydrogens is 210 g/mol. The second-order valence-electron chi connectivity index (χ2n) is 4.03. The van der Waals surface area contributed by atoms with E-state index in [1.807, 2.05) is 22.7 Å². The van der Waals surface area contributed by atoms with Gasteiger partial charge in [-0.3, -0.25) is 4.40 Å². The van der Waals surface area contributed by atoms with E-state index in [1.165, 1.54) is 12.8 Å². The number of fused-ring (bicyclic) bond motifs is 1. The Balaban J connectivity index is 2.21. The molecule has 0 aromatic carbocycles. The van der Waals surface area contributed by atoms with E-state index < -0.39 is 0 Å². The highest BCUT2D eigenvalue weighted by Crippen LogP contribution is 2.42. The quantitative estimate of drug-likeness (QED) is 0.846. The maximum Gasteiger partial charge on any atom is 0.138 e. The maximum atomic E-state index is 6.28. The van der Waals surface area contributed by atoms with Gasteiger partial charge >= 0.3 is 0 Å². The molecule has 0 saturated heterocycles. The molecule has 1 saturated carbocycles. The van der Waals surface area contributed by atoms with E-state index in [0.717, 1.165) is 22.1 Å². The monoisotopic (exact) mass is 221 g/mol. The Hall–Kier alpha value is -1.06. The van der Waals surface area contributed by atoms with E-state index in [-0.39, 0.29) is 0 Å². The minimum atomic E-state index is 0.531. The van der Waals surface area contributed by atoms with Crippen LogP contribution in [0.25, 0.3) is 5.65 Å². The molecule has 3 nitrogen and oxygen atoms in total. The molecule has 1 fully saturated rings. The van der Waals surface area contributed by atoms with Crippen molar-refractivity contribution in [3.8, 4) is 0 Å². The number of imidazole rings is 1. The molecule has 1 aliphatic carbocycles. The molecule has 15 heavy (non-hydrogen) atoms. The summed E-state index contributed by atoms with van der Waals surface area (Å²) in [7, 11) is 0. The molecule has 1 aliphatic rings. The number of rotatable bonds is 2. The van der Waals surface area contributed by atoms with E-state index in [4.69, 9.17) is 17.3 Å². The van der Waals surface area contributed by atoms with Crippen molar-refractivity contribution >= 4 is 17.2 Å². The average molecular weight is 222 g/mol. The van der Waals surface area contributed by atoms with Crippen molar-refractivity contribution in [2.45, 2.75) is 25.3 Å². The molecule has 2 aromatic rings. The van der Waals surface area contributed by atoms with E-state index >= 15 is 0 Å². The van der Waals surface area contributed by atoms with Crippen LogP contribution in [0.2, 0.25) is 5.15 Å². The van der Waals surface area contributed by atoms with Gasteiger partial charge in [0, 0.05) is 18.7 Å². The molecule has 0 spiro atoms. The average Bonchev–Trinajstić information content (AvgIpc) is 3.05. The Bertz CT molecular complexity index is 514. The highest BCUT2D eigenvalue weighted by atomic mass is 35.5. The van der Waals surface area contributed by atoms with Gasteiger partial charge in [0.2, 0.25) is 0 Å². The molecular formula is C11H12ClN3. The maximum absolute atomic E-state index is 6.28. The van der Waals surface area contributed by atoms with Crippen LogP contribution in [0.5, 0.6) is 0 Å². The van der Waals surface area contributed by atoms with Crippen LogP contribution in [0, 0.1) is 0 Å². The molecule has 0 unspecified atom stereocenters. The van der Waals surface area contributed by atoms with E-state index in [9.17, 15) is 0 Å². The molecule has 0 aliphatic heterocycles. The van der Waals surface area contributed by atoms with E-state index in [1.54, 1.807) is 0 Å². The zero-order valence-electron chi connectivity index (χ0n) is 8.28. The SMILES string of the molecule is NCc1ccc2nc(C3CC3)c(Cl)n2c1. The number of hydrogen-bond acceptors (Lipinski definition) is 2. The minimum absolute atomic E-state index is 0.531. The third-order valence-electron chi connectivity index (χ3n) is 2.85. The zero-order chi connectivity index (χ0) is 10.4. The summed E-state index contributed by atoms with van der Waals surface area (Å²) in [5.41, 5.74) is 8.63. The molecule has 0 amide bonds. The molecule has 2 N–H and O–H groups in total. The first-order valence-electron chi connectivity index (χ1n) is 5.16. The summed E-state index contributed by atoms with van der Waals surface area (Å²) in [6.07, 6.45) is 4.40. The van der Waals surface area contributed by atoms with Crippen molar-refractivity contribution < 1.29 is 0 Å². The summed E-state index contributed by atoms with van der Waals surface area (Å²) in [4.78, 5) is 4.54. The van der Waals surface area contributed by atoms with Crippen molar-refractivity contribution in [1.82, 2.24) is 9.38 Å². The molecule has 2 heterocycles. The van der Waals surface area contributed by atoms with Gasteiger partial charge in [-0.15, -0.1) is 0 Å². The highest BCUT2D eigenvalue weighted by molar-refractivity contribution is 6.30. The number of nitrogens with two attached hydrogens (primary N) is 1. The standard InChI is InChI=1S/C11H12ClN3/c12-11-10(8-2-3-8)14-9-4-1-7(5-13)6-15(9)11/h1,4,6,8H,2-3,5,13H2. The molecule has 0 bridgehead atoms. The van der Waals surface area contributed by atoms with E-state index in [0.29, 0.717) is 12.5 Å². The van der Waals surface area contributed by atoms with Crippen LogP contribution >= 0.6 is 11.6 Å². The lowest BCUT2D eigenvalue weighted by atomic mass is 10.3. The van der Waals surface area contributed by atoms with Gasteiger partial charge in [0.05, 0.1) is 5.69 Å². The van der Waals surface area contributed by atoms with Crippen LogP contribution in [0.4, 0.5) is 0 Å². The van der Waals surface area contributed by atoms with Gasteiger partial charge in [0.1, 0.15) is 10.8 Å². The van der Waals surface area contributed by atoms with Crippen LogP contribution in [0.3, 0.4) is 0 Å². The van der Waals surface area contributed by atoms with Crippen molar-refractivity contribution in [2.75, 3.05) is 0 Å². The Morgan fingerprint density at radius 1 is 1.47 bits per heavy atom. The van der Waals surface area contributed by atoms with Gasteiger partial charge in [-0.25, -0.2) is 4.98 Å². The van der Waals surface area contributed by atoms with Crippen LogP contribution < -0.4 is 5.73 Å². The predicted octanol–water partition coefficient (Wildman–Crippen LogP) is 2.32. The normalized spacial score (nSPS) is 16.1. The lowest BCUT2D eigenvalue weighted by Crippen LogP contribution is -1.98. The van der Waals surface area contributed by atoms with Gasteiger partial charge in [0.15, 0.2) is 0 Å². The minimum Gasteiger partial charge on any atom is -0.326 e. The number of pyridine rings is 1. The Labute approximate surface area is 92.9 Å². The second kappa shape index (κ2) is 3.22. The lowest BCUT2D eigenvalue weighted by molar-refractivity contribution is 1.02. The summed E-state index contributed by atoms with van der Waals surface area (Å²) in [5.74, 6) is 0.582. The first kappa shape index (κ1) is 9.19. The third-order valence-corrected chi connectivity index (χ3v) is 3.22. The summed E-state index contributed by atoms with van der Waals surface area (Å²) >= 11 is 6.28. The summed E-state index contributed by atoms with van der Waals surface area (Å²) in [6, 6.07) is 3.97. The molecule has 78 valence electrons. The van der Waals surface area contributed by atoms with Crippen LogP contribution in [0.15, 0.2) is 18.3 Å². The summed E-state index contributed by atoms with van der Waals surface area (Å²) < 4.78 is 1.93. The second-order valence-corrected chi connectivity index (χ2v) is 4.39.